The van der Waals surface area contributed by atoms with Gasteiger partial charge in [0.2, 0.25) is 11.8 Å². The summed E-state index contributed by atoms with van der Waals surface area (Å²) in [6, 6.07) is 28.7. The topological polar surface area (TPSA) is 52.1 Å². The number of nitrogens with zero attached hydrogens (tertiary/aromatic N) is 2. The first-order valence-electron chi connectivity index (χ1n) is 11.0. The van der Waals surface area contributed by atoms with Gasteiger partial charge in [-0.05, 0) is 78.9 Å². The zero-order chi connectivity index (χ0) is 22.4. The number of hydrogen-bond acceptors (Lipinski definition) is 4. The second kappa shape index (κ2) is 7.75. The van der Waals surface area contributed by atoms with Gasteiger partial charge in [0.15, 0.2) is 11.2 Å². The van der Waals surface area contributed by atoms with E-state index in [1.165, 1.54) is 5.56 Å². The van der Waals surface area contributed by atoms with E-state index in [1.807, 2.05) is 48.5 Å². The van der Waals surface area contributed by atoms with E-state index >= 15 is 0 Å². The Morgan fingerprint density at radius 1 is 0.576 bits per heavy atom. The highest BCUT2D eigenvalue weighted by Gasteiger charge is 2.13. The molecule has 6 aromatic rings. The van der Waals surface area contributed by atoms with Gasteiger partial charge >= 0.3 is 0 Å². The van der Waals surface area contributed by atoms with Crippen molar-refractivity contribution in [1.82, 2.24) is 9.97 Å². The molecule has 0 radical (unpaired) electrons. The molecule has 0 saturated heterocycles. The third kappa shape index (κ3) is 3.60. The fourth-order valence-electron chi connectivity index (χ4n) is 4.25. The Balaban J connectivity index is 1.31. The summed E-state index contributed by atoms with van der Waals surface area (Å²) in [4.78, 5) is 9.43. The molecule has 33 heavy (non-hydrogen) atoms. The lowest BCUT2D eigenvalue weighted by molar-refractivity contribution is 0.618. The minimum atomic E-state index is 0.659. The Kier molecular flexibility index (Phi) is 4.58. The van der Waals surface area contributed by atoms with E-state index in [2.05, 4.69) is 55.2 Å². The summed E-state index contributed by atoms with van der Waals surface area (Å²) < 4.78 is 12.1. The van der Waals surface area contributed by atoms with Gasteiger partial charge in [-0.25, -0.2) is 9.97 Å². The van der Waals surface area contributed by atoms with E-state index in [0.29, 0.717) is 11.8 Å². The molecule has 0 aliphatic heterocycles. The van der Waals surface area contributed by atoms with Crippen LogP contribution in [0.25, 0.3) is 45.1 Å². The second-order valence-corrected chi connectivity index (χ2v) is 8.45. The molecule has 4 aromatic carbocycles. The molecule has 0 atom stereocenters. The highest BCUT2D eigenvalue weighted by molar-refractivity contribution is 5.79. The fourth-order valence-corrected chi connectivity index (χ4v) is 4.25. The predicted molar refractivity (Wildman–Crippen MR) is 131 cm³/mol. The molecule has 0 spiro atoms. The van der Waals surface area contributed by atoms with Crippen LogP contribution in [0.4, 0.5) is 0 Å². The first-order chi connectivity index (χ1) is 16.1. The predicted octanol–water partition coefficient (Wildman–Crippen LogP) is 7.51. The number of hydrogen-bond donors (Lipinski definition) is 0. The molecule has 0 aliphatic carbocycles. The molecule has 160 valence electrons. The highest BCUT2D eigenvalue weighted by Crippen LogP contribution is 2.29. The molecule has 2 aromatic heterocycles. The molecule has 2 heterocycles. The van der Waals surface area contributed by atoms with Gasteiger partial charge in [-0.2, -0.15) is 0 Å². The minimum Gasteiger partial charge on any atom is -0.436 e. The van der Waals surface area contributed by atoms with Crippen molar-refractivity contribution < 1.29 is 8.83 Å². The largest absolute Gasteiger partial charge is 0.436 e. The van der Waals surface area contributed by atoms with Crippen molar-refractivity contribution in [3.63, 3.8) is 0 Å². The monoisotopic (exact) mass is 430 g/mol. The van der Waals surface area contributed by atoms with Crippen LogP contribution in [0.5, 0.6) is 0 Å². The normalized spacial score (nSPS) is 11.5. The Hall–Kier alpha value is -4.18. The smallest absolute Gasteiger partial charge is 0.227 e. The summed E-state index contributed by atoms with van der Waals surface area (Å²) in [5, 5.41) is 0. The highest BCUT2D eigenvalue weighted by atomic mass is 16.4. The van der Waals surface area contributed by atoms with Crippen LogP contribution < -0.4 is 0 Å². The van der Waals surface area contributed by atoms with Crippen molar-refractivity contribution in [2.24, 2.45) is 0 Å². The average Bonchev–Trinajstić information content (AvgIpc) is 3.43. The van der Waals surface area contributed by atoms with Gasteiger partial charge < -0.3 is 8.83 Å². The first-order valence-corrected chi connectivity index (χ1v) is 11.0. The minimum absolute atomic E-state index is 0.659. The summed E-state index contributed by atoms with van der Waals surface area (Å²) >= 11 is 0. The first kappa shape index (κ1) is 19.5. The quantitative estimate of drug-likeness (QED) is 0.290. The van der Waals surface area contributed by atoms with Crippen LogP contribution in [0.3, 0.4) is 0 Å². The number of oxazole rings is 2. The Morgan fingerprint density at radius 3 is 1.85 bits per heavy atom. The molecule has 4 heteroatoms. The molecule has 0 fully saturated rings. The van der Waals surface area contributed by atoms with E-state index in [9.17, 15) is 0 Å². The Labute approximate surface area is 191 Å². The summed E-state index contributed by atoms with van der Waals surface area (Å²) in [7, 11) is 0. The lowest BCUT2D eigenvalue weighted by atomic mass is 10.0. The average molecular weight is 431 g/mol. The lowest BCUT2D eigenvalue weighted by Gasteiger charge is -2.01. The van der Waals surface area contributed by atoms with Gasteiger partial charge in [0.05, 0.1) is 0 Å². The van der Waals surface area contributed by atoms with Crippen molar-refractivity contribution in [3.05, 3.63) is 107 Å². The number of benzene rings is 4. The molecular weight excluding hydrogens is 408 g/mol. The number of aromatic nitrogens is 2. The number of aryl methyl sites for hydroxylation is 2. The maximum absolute atomic E-state index is 6.11. The standard InChI is InChI=1S/C29H22N2O2/c1-18-7-3-5-9-22(18)28-30-24-13-11-21(17-27(24)33-28)15-20-12-14-26-25(16-20)31-29(32-26)23-10-6-4-8-19(23)2/h3-14,16-17H,15H2,1-2H3. The fraction of sp³-hybridized carbons (Fsp3) is 0.103. The van der Waals surface area contributed by atoms with Crippen molar-refractivity contribution in [2.75, 3.05) is 0 Å². The molecular formula is C29H22N2O2. The van der Waals surface area contributed by atoms with Gasteiger partial charge in [0, 0.05) is 11.1 Å². The molecule has 0 saturated carbocycles. The maximum Gasteiger partial charge on any atom is 0.227 e. The van der Waals surface area contributed by atoms with Crippen LogP contribution in [0, 0.1) is 13.8 Å². The number of fused-ring (bicyclic) bond motifs is 2. The van der Waals surface area contributed by atoms with E-state index in [-0.39, 0.29) is 0 Å². The molecule has 0 bridgehead atoms. The van der Waals surface area contributed by atoms with Crippen molar-refractivity contribution in [1.29, 1.82) is 0 Å². The van der Waals surface area contributed by atoms with Gasteiger partial charge in [-0.15, -0.1) is 0 Å². The third-order valence-corrected chi connectivity index (χ3v) is 6.06. The number of rotatable bonds is 4. The van der Waals surface area contributed by atoms with Crippen molar-refractivity contribution in [3.8, 4) is 22.9 Å². The molecule has 0 unspecified atom stereocenters. The van der Waals surface area contributed by atoms with Crippen LogP contribution in [-0.4, -0.2) is 9.97 Å². The maximum atomic E-state index is 6.11. The summed E-state index contributed by atoms with van der Waals surface area (Å²) in [5.74, 6) is 1.32. The molecule has 0 amide bonds. The Bertz CT molecular complexity index is 1500. The third-order valence-electron chi connectivity index (χ3n) is 6.06. The van der Waals surface area contributed by atoms with Gasteiger partial charge in [-0.3, -0.25) is 0 Å². The van der Waals surface area contributed by atoms with Crippen LogP contribution in [0.2, 0.25) is 0 Å². The molecule has 0 N–H and O–H groups in total. The van der Waals surface area contributed by atoms with E-state index in [0.717, 1.165) is 56.4 Å². The van der Waals surface area contributed by atoms with E-state index < -0.39 is 0 Å². The van der Waals surface area contributed by atoms with Crippen molar-refractivity contribution in [2.45, 2.75) is 20.3 Å². The van der Waals surface area contributed by atoms with E-state index in [1.54, 1.807) is 0 Å². The summed E-state index contributed by atoms with van der Waals surface area (Å²) in [5.41, 5.74) is 10.0. The summed E-state index contributed by atoms with van der Waals surface area (Å²) in [6.45, 7) is 4.14. The Morgan fingerprint density at radius 2 is 1.15 bits per heavy atom. The SMILES string of the molecule is Cc1ccccc1-c1nc2cc(Cc3ccc4nc(-c5ccccc5C)oc4c3)ccc2o1. The van der Waals surface area contributed by atoms with E-state index in [4.69, 9.17) is 13.8 Å². The van der Waals surface area contributed by atoms with Gasteiger partial charge in [0.25, 0.3) is 0 Å². The van der Waals surface area contributed by atoms with Crippen LogP contribution in [0.1, 0.15) is 22.3 Å². The van der Waals surface area contributed by atoms with Crippen molar-refractivity contribution >= 4 is 22.2 Å². The zero-order valence-corrected chi connectivity index (χ0v) is 18.5. The van der Waals surface area contributed by atoms with Gasteiger partial charge in [-0.1, -0.05) is 48.5 Å². The van der Waals surface area contributed by atoms with Gasteiger partial charge in [0.1, 0.15) is 11.0 Å². The van der Waals surface area contributed by atoms with Crippen LogP contribution in [0.15, 0.2) is 93.8 Å². The molecule has 0 aliphatic rings. The lowest BCUT2D eigenvalue weighted by Crippen LogP contribution is -1.88. The summed E-state index contributed by atoms with van der Waals surface area (Å²) in [6.07, 6.45) is 0.777. The van der Waals surface area contributed by atoms with Crippen LogP contribution in [-0.2, 0) is 6.42 Å². The van der Waals surface area contributed by atoms with Crippen LogP contribution >= 0.6 is 0 Å². The second-order valence-electron chi connectivity index (χ2n) is 8.45. The molecule has 4 nitrogen and oxygen atoms in total. The zero-order valence-electron chi connectivity index (χ0n) is 18.5. The molecule has 6 rings (SSSR count).